The molecule has 0 aliphatic heterocycles. The van der Waals surface area contributed by atoms with Crippen LogP contribution in [0.1, 0.15) is 42.5 Å². The van der Waals surface area contributed by atoms with Gasteiger partial charge in [0.05, 0.1) is 4.92 Å². The van der Waals surface area contributed by atoms with Crippen molar-refractivity contribution in [2.75, 3.05) is 0 Å². The number of carbonyl (C=O) groups excluding carboxylic acids is 1. The van der Waals surface area contributed by atoms with E-state index in [-0.39, 0.29) is 41.6 Å². The third kappa shape index (κ3) is 3.90. The van der Waals surface area contributed by atoms with Gasteiger partial charge in [0, 0.05) is 22.6 Å². The smallest absolute Gasteiger partial charge is 0.283 e. The SMILES string of the molecule is Cl.NC1CC2CCCC(C1)C2NC(=O)c1ccc(Br)cc1[N+](=O)[O-]. The van der Waals surface area contributed by atoms with Crippen molar-refractivity contribution in [1.29, 1.82) is 0 Å². The Hall–Kier alpha value is -1.18. The topological polar surface area (TPSA) is 98.3 Å². The number of nitrogens with two attached hydrogens (primary N) is 1. The number of nitrogens with zero attached hydrogens (tertiary/aromatic N) is 1. The van der Waals surface area contributed by atoms with Crippen LogP contribution >= 0.6 is 28.3 Å². The number of nitro groups is 1. The van der Waals surface area contributed by atoms with E-state index in [0.717, 1.165) is 25.7 Å². The number of benzene rings is 1. The molecule has 1 amide bonds. The summed E-state index contributed by atoms with van der Waals surface area (Å²) in [5.41, 5.74) is 6.05. The number of amides is 1. The van der Waals surface area contributed by atoms with Gasteiger partial charge in [0.2, 0.25) is 0 Å². The van der Waals surface area contributed by atoms with Crippen LogP contribution in [0.25, 0.3) is 0 Å². The average molecular weight is 419 g/mol. The zero-order valence-electron chi connectivity index (χ0n) is 13.1. The molecule has 0 aromatic heterocycles. The number of nitrogens with one attached hydrogen (secondary N) is 1. The normalized spacial score (nSPS) is 28.6. The van der Waals surface area contributed by atoms with Crippen LogP contribution in [0, 0.1) is 22.0 Å². The summed E-state index contributed by atoms with van der Waals surface area (Å²) in [4.78, 5) is 23.3. The molecule has 8 heteroatoms. The maximum absolute atomic E-state index is 12.6. The third-order valence-corrected chi connectivity index (χ3v) is 5.57. The van der Waals surface area contributed by atoms with E-state index >= 15 is 0 Å². The van der Waals surface area contributed by atoms with E-state index in [1.165, 1.54) is 18.6 Å². The minimum Gasteiger partial charge on any atom is -0.349 e. The van der Waals surface area contributed by atoms with Crippen LogP contribution in [0.3, 0.4) is 0 Å². The van der Waals surface area contributed by atoms with Gasteiger partial charge in [0.1, 0.15) is 5.56 Å². The molecule has 3 rings (SSSR count). The summed E-state index contributed by atoms with van der Waals surface area (Å²) in [6.07, 6.45) is 5.15. The van der Waals surface area contributed by atoms with Crippen LogP contribution < -0.4 is 11.1 Å². The molecule has 3 N–H and O–H groups in total. The molecule has 2 aliphatic rings. The van der Waals surface area contributed by atoms with Crippen molar-refractivity contribution in [3.8, 4) is 0 Å². The lowest BCUT2D eigenvalue weighted by molar-refractivity contribution is -0.385. The molecule has 2 fully saturated rings. The van der Waals surface area contributed by atoms with E-state index in [1.807, 2.05) is 0 Å². The number of nitro benzene ring substituents is 1. The van der Waals surface area contributed by atoms with Crippen LogP contribution in [0.5, 0.6) is 0 Å². The first-order chi connectivity index (χ1) is 11.0. The fraction of sp³-hybridized carbons (Fsp3) is 0.562. The Bertz CT molecular complexity index is 629. The molecule has 6 nitrogen and oxygen atoms in total. The van der Waals surface area contributed by atoms with Crippen molar-refractivity contribution in [2.24, 2.45) is 17.6 Å². The van der Waals surface area contributed by atoms with Gasteiger partial charge in [-0.1, -0.05) is 22.4 Å². The summed E-state index contributed by atoms with van der Waals surface area (Å²) in [6, 6.07) is 4.81. The van der Waals surface area contributed by atoms with Gasteiger partial charge < -0.3 is 11.1 Å². The second-order valence-electron chi connectivity index (χ2n) is 6.60. The highest BCUT2D eigenvalue weighted by atomic mass is 79.9. The molecule has 1 aromatic carbocycles. The molecule has 0 radical (unpaired) electrons. The van der Waals surface area contributed by atoms with Crippen molar-refractivity contribution in [2.45, 2.75) is 44.2 Å². The summed E-state index contributed by atoms with van der Waals surface area (Å²) in [5, 5.41) is 14.3. The van der Waals surface area contributed by atoms with Gasteiger partial charge in [-0.25, -0.2) is 0 Å². The second-order valence-corrected chi connectivity index (χ2v) is 7.52. The van der Waals surface area contributed by atoms with Crippen molar-refractivity contribution >= 4 is 39.9 Å². The maximum atomic E-state index is 12.6. The Morgan fingerprint density at radius 3 is 2.50 bits per heavy atom. The number of fused-ring (bicyclic) bond motifs is 2. The molecule has 0 saturated heterocycles. The number of carbonyl (C=O) groups is 1. The fourth-order valence-corrected chi connectivity index (χ4v) is 4.45. The Balaban J connectivity index is 0.00000208. The van der Waals surface area contributed by atoms with Crippen LogP contribution in [-0.2, 0) is 0 Å². The van der Waals surface area contributed by atoms with Gasteiger partial charge in [-0.15, -0.1) is 12.4 Å². The Morgan fingerprint density at radius 1 is 1.29 bits per heavy atom. The second kappa shape index (κ2) is 7.80. The minimum absolute atomic E-state index is 0. The molecule has 24 heavy (non-hydrogen) atoms. The van der Waals surface area contributed by atoms with Crippen molar-refractivity contribution in [3.05, 3.63) is 38.3 Å². The molecule has 2 aliphatic carbocycles. The maximum Gasteiger partial charge on any atom is 0.283 e. The standard InChI is InChI=1S/C16H20BrN3O3.ClH/c17-11-4-5-13(14(8-11)20(22)23)16(21)19-15-9-2-1-3-10(15)7-12(18)6-9;/h4-5,8-10,12,15H,1-3,6-7,18H2,(H,19,21);1H. The van der Waals surface area contributed by atoms with Crippen LogP contribution in [0.2, 0.25) is 0 Å². The van der Waals surface area contributed by atoms with E-state index < -0.39 is 4.92 Å². The summed E-state index contributed by atoms with van der Waals surface area (Å²) in [6.45, 7) is 0. The minimum atomic E-state index is -0.517. The van der Waals surface area contributed by atoms with Crippen LogP contribution in [0.4, 0.5) is 5.69 Å². The molecular weight excluding hydrogens is 398 g/mol. The molecular formula is C16H21BrClN3O3. The number of halogens is 2. The predicted octanol–water partition coefficient (Wildman–Crippen LogP) is 3.41. The summed E-state index contributed by atoms with van der Waals surface area (Å²) in [5.74, 6) is 0.411. The lowest BCUT2D eigenvalue weighted by Gasteiger charge is -2.45. The Morgan fingerprint density at radius 2 is 1.92 bits per heavy atom. The van der Waals surface area contributed by atoms with E-state index in [4.69, 9.17) is 5.73 Å². The van der Waals surface area contributed by atoms with Gasteiger partial charge >= 0.3 is 0 Å². The highest BCUT2D eigenvalue weighted by Crippen LogP contribution is 2.40. The van der Waals surface area contributed by atoms with Crippen molar-refractivity contribution in [1.82, 2.24) is 5.32 Å². The van der Waals surface area contributed by atoms with Crippen LogP contribution in [-0.4, -0.2) is 22.9 Å². The first kappa shape index (κ1) is 19.1. The monoisotopic (exact) mass is 417 g/mol. The zero-order chi connectivity index (χ0) is 16.6. The molecule has 2 bridgehead atoms. The number of hydrogen-bond donors (Lipinski definition) is 2. The lowest BCUT2D eigenvalue weighted by Crippen LogP contribution is -2.53. The Kier molecular flexibility index (Phi) is 6.22. The summed E-state index contributed by atoms with van der Waals surface area (Å²) >= 11 is 3.21. The van der Waals surface area contributed by atoms with Gasteiger partial charge in [-0.3, -0.25) is 14.9 Å². The molecule has 2 unspecified atom stereocenters. The quantitative estimate of drug-likeness (QED) is 0.580. The first-order valence-corrected chi connectivity index (χ1v) is 8.75. The molecule has 2 atom stereocenters. The van der Waals surface area contributed by atoms with Gasteiger partial charge in [-0.05, 0) is 49.7 Å². The molecule has 1 aromatic rings. The average Bonchev–Trinajstić information content (AvgIpc) is 2.47. The zero-order valence-corrected chi connectivity index (χ0v) is 15.5. The van der Waals surface area contributed by atoms with E-state index in [9.17, 15) is 14.9 Å². The van der Waals surface area contributed by atoms with E-state index in [2.05, 4.69) is 21.2 Å². The lowest BCUT2D eigenvalue weighted by atomic mass is 9.67. The highest BCUT2D eigenvalue weighted by Gasteiger charge is 2.40. The highest BCUT2D eigenvalue weighted by molar-refractivity contribution is 9.10. The Labute approximate surface area is 155 Å². The van der Waals surface area contributed by atoms with Crippen LogP contribution in [0.15, 0.2) is 22.7 Å². The largest absolute Gasteiger partial charge is 0.349 e. The molecule has 2 saturated carbocycles. The van der Waals surface area contributed by atoms with Gasteiger partial charge in [0.25, 0.3) is 11.6 Å². The third-order valence-electron chi connectivity index (χ3n) is 5.08. The van der Waals surface area contributed by atoms with Gasteiger partial charge in [0.15, 0.2) is 0 Å². The summed E-state index contributed by atoms with van der Waals surface area (Å²) in [7, 11) is 0. The number of hydrogen-bond acceptors (Lipinski definition) is 4. The van der Waals surface area contributed by atoms with Crippen molar-refractivity contribution in [3.63, 3.8) is 0 Å². The molecule has 0 spiro atoms. The fourth-order valence-electron chi connectivity index (χ4n) is 4.10. The number of rotatable bonds is 3. The predicted molar refractivity (Wildman–Crippen MR) is 97.3 cm³/mol. The summed E-state index contributed by atoms with van der Waals surface area (Å²) < 4.78 is 0.584. The first-order valence-electron chi connectivity index (χ1n) is 7.96. The van der Waals surface area contributed by atoms with E-state index in [0.29, 0.717) is 16.3 Å². The molecule has 132 valence electrons. The molecule has 0 heterocycles. The van der Waals surface area contributed by atoms with Crippen molar-refractivity contribution < 1.29 is 9.72 Å². The van der Waals surface area contributed by atoms with E-state index in [1.54, 1.807) is 6.07 Å². The van der Waals surface area contributed by atoms with Gasteiger partial charge in [-0.2, -0.15) is 0 Å².